The summed E-state index contributed by atoms with van der Waals surface area (Å²) in [6.45, 7) is 0.434. The highest BCUT2D eigenvalue weighted by Gasteiger charge is 2.26. The highest BCUT2D eigenvalue weighted by atomic mass is 35.5. The quantitative estimate of drug-likeness (QED) is 0.240. The minimum absolute atomic E-state index is 0.0176. The number of rotatable bonds is 10. The zero-order valence-electron chi connectivity index (χ0n) is 14.5. The van der Waals surface area contributed by atoms with Gasteiger partial charge < -0.3 is 4.74 Å². The number of nitrogens with one attached hydrogen (secondary N) is 2. The number of halogens is 1. The summed E-state index contributed by atoms with van der Waals surface area (Å²) in [6, 6.07) is 13.6. The molecule has 2 rings (SSSR count). The lowest BCUT2D eigenvalue weighted by molar-refractivity contribution is -0.130. The summed E-state index contributed by atoms with van der Waals surface area (Å²) in [5.74, 6) is 0.156. The van der Waals surface area contributed by atoms with E-state index in [0.29, 0.717) is 24.7 Å². The van der Waals surface area contributed by atoms with Crippen molar-refractivity contribution in [1.29, 1.82) is 0 Å². The SMILES string of the molecule is O=C(NO)C(Cc1ccccc1)NS(=O)(=O)c1ccc(OCCCCl)cc1. The second kappa shape index (κ2) is 10.3. The molecule has 2 aromatic carbocycles. The van der Waals surface area contributed by atoms with E-state index in [1.807, 2.05) is 6.07 Å². The van der Waals surface area contributed by atoms with Crippen LogP contribution in [0.5, 0.6) is 5.75 Å². The Kier molecular flexibility index (Phi) is 8.05. The van der Waals surface area contributed by atoms with Gasteiger partial charge in [-0.05, 0) is 42.7 Å². The minimum Gasteiger partial charge on any atom is -0.494 e. The molecule has 1 atom stereocenters. The van der Waals surface area contributed by atoms with E-state index in [1.54, 1.807) is 24.3 Å². The third-order valence-electron chi connectivity index (χ3n) is 3.69. The average Bonchev–Trinajstić information content (AvgIpc) is 2.68. The van der Waals surface area contributed by atoms with E-state index in [-0.39, 0.29) is 11.3 Å². The van der Waals surface area contributed by atoms with Gasteiger partial charge in [0, 0.05) is 5.88 Å². The molecular weight excluding hydrogens is 392 g/mol. The van der Waals surface area contributed by atoms with Crippen LogP contribution in [0.3, 0.4) is 0 Å². The van der Waals surface area contributed by atoms with Crippen molar-refractivity contribution in [2.24, 2.45) is 0 Å². The molecule has 2 aromatic rings. The van der Waals surface area contributed by atoms with Crippen molar-refractivity contribution in [2.45, 2.75) is 23.8 Å². The zero-order chi connectivity index (χ0) is 19.7. The summed E-state index contributed by atoms with van der Waals surface area (Å²) in [7, 11) is -3.98. The Balaban J connectivity index is 2.11. The number of sulfonamides is 1. The van der Waals surface area contributed by atoms with Gasteiger partial charge in [-0.3, -0.25) is 10.0 Å². The van der Waals surface area contributed by atoms with E-state index in [4.69, 9.17) is 21.5 Å². The molecule has 3 N–H and O–H groups in total. The predicted octanol–water partition coefficient (Wildman–Crippen LogP) is 2.09. The summed E-state index contributed by atoms with van der Waals surface area (Å²) < 4.78 is 32.9. The lowest BCUT2D eigenvalue weighted by Crippen LogP contribution is -2.47. The highest BCUT2D eigenvalue weighted by molar-refractivity contribution is 7.89. The van der Waals surface area contributed by atoms with Gasteiger partial charge in [0.25, 0.3) is 5.91 Å². The maximum atomic E-state index is 12.6. The molecule has 0 radical (unpaired) electrons. The minimum atomic E-state index is -3.98. The van der Waals surface area contributed by atoms with Crippen molar-refractivity contribution in [1.82, 2.24) is 10.2 Å². The van der Waals surface area contributed by atoms with Crippen molar-refractivity contribution in [2.75, 3.05) is 12.5 Å². The Hall–Kier alpha value is -2.13. The first kappa shape index (κ1) is 21.2. The van der Waals surface area contributed by atoms with Crippen molar-refractivity contribution in [3.05, 3.63) is 60.2 Å². The predicted molar refractivity (Wildman–Crippen MR) is 101 cm³/mol. The number of benzene rings is 2. The molecular formula is C18H21ClN2O5S. The lowest BCUT2D eigenvalue weighted by atomic mass is 10.1. The molecule has 0 aromatic heterocycles. The first-order valence-electron chi connectivity index (χ1n) is 8.25. The maximum absolute atomic E-state index is 12.6. The summed E-state index contributed by atoms with van der Waals surface area (Å²) in [5.41, 5.74) is 2.25. The van der Waals surface area contributed by atoms with Crippen LogP contribution in [0, 0.1) is 0 Å². The van der Waals surface area contributed by atoms with Crippen LogP contribution in [-0.2, 0) is 21.2 Å². The molecule has 27 heavy (non-hydrogen) atoms. The molecule has 0 aliphatic heterocycles. The van der Waals surface area contributed by atoms with Crippen LogP contribution in [0.15, 0.2) is 59.5 Å². The summed E-state index contributed by atoms with van der Waals surface area (Å²) >= 11 is 5.58. The van der Waals surface area contributed by atoms with Gasteiger partial charge in [-0.25, -0.2) is 13.9 Å². The van der Waals surface area contributed by atoms with Gasteiger partial charge in [-0.1, -0.05) is 30.3 Å². The van der Waals surface area contributed by atoms with Gasteiger partial charge in [0.15, 0.2) is 0 Å². The van der Waals surface area contributed by atoms with Crippen molar-refractivity contribution >= 4 is 27.5 Å². The number of amides is 1. The van der Waals surface area contributed by atoms with E-state index < -0.39 is 22.0 Å². The third kappa shape index (κ3) is 6.51. The normalized spacial score (nSPS) is 12.4. The Morgan fingerprint density at radius 1 is 1.11 bits per heavy atom. The molecule has 1 unspecified atom stereocenters. The number of carbonyl (C=O) groups excluding carboxylic acids is 1. The van der Waals surface area contributed by atoms with Crippen LogP contribution in [-0.4, -0.2) is 38.1 Å². The Morgan fingerprint density at radius 3 is 2.37 bits per heavy atom. The van der Waals surface area contributed by atoms with E-state index >= 15 is 0 Å². The number of alkyl halides is 1. The summed E-state index contributed by atoms with van der Waals surface area (Å²) in [6.07, 6.45) is 0.771. The molecule has 0 spiro atoms. The first-order chi connectivity index (χ1) is 13.0. The van der Waals surface area contributed by atoms with Crippen LogP contribution < -0.4 is 14.9 Å². The topological polar surface area (TPSA) is 105 Å². The molecule has 0 saturated carbocycles. The lowest BCUT2D eigenvalue weighted by Gasteiger charge is -2.17. The Morgan fingerprint density at radius 2 is 1.78 bits per heavy atom. The fourth-order valence-electron chi connectivity index (χ4n) is 2.33. The van der Waals surface area contributed by atoms with Crippen molar-refractivity contribution < 1.29 is 23.2 Å². The van der Waals surface area contributed by atoms with E-state index in [2.05, 4.69) is 4.72 Å². The average molecular weight is 413 g/mol. The van der Waals surface area contributed by atoms with Crippen LogP contribution in [0.25, 0.3) is 0 Å². The van der Waals surface area contributed by atoms with Gasteiger partial charge >= 0.3 is 0 Å². The molecule has 7 nitrogen and oxygen atoms in total. The molecule has 0 heterocycles. The van der Waals surface area contributed by atoms with Gasteiger partial charge in [0.1, 0.15) is 11.8 Å². The molecule has 1 amide bonds. The second-order valence-electron chi connectivity index (χ2n) is 5.70. The largest absolute Gasteiger partial charge is 0.494 e. The van der Waals surface area contributed by atoms with Crippen LogP contribution in [0.4, 0.5) is 0 Å². The third-order valence-corrected chi connectivity index (χ3v) is 5.44. The highest BCUT2D eigenvalue weighted by Crippen LogP contribution is 2.17. The molecule has 0 bridgehead atoms. The summed E-state index contributed by atoms with van der Waals surface area (Å²) in [4.78, 5) is 11.9. The number of hydrogen-bond donors (Lipinski definition) is 3. The van der Waals surface area contributed by atoms with E-state index in [9.17, 15) is 13.2 Å². The van der Waals surface area contributed by atoms with Crippen molar-refractivity contribution in [3.63, 3.8) is 0 Å². The van der Waals surface area contributed by atoms with Crippen LogP contribution >= 0.6 is 11.6 Å². The molecule has 0 fully saturated rings. The standard InChI is InChI=1S/C18H21ClN2O5S/c19-11-4-12-26-15-7-9-16(10-8-15)27(24,25)21-17(18(22)20-23)13-14-5-2-1-3-6-14/h1-3,5-10,17,21,23H,4,11-13H2,(H,20,22). The zero-order valence-corrected chi connectivity index (χ0v) is 16.0. The molecule has 9 heteroatoms. The number of ether oxygens (including phenoxy) is 1. The Bertz CT molecular complexity index is 829. The van der Waals surface area contributed by atoms with Crippen molar-refractivity contribution in [3.8, 4) is 5.75 Å². The van der Waals surface area contributed by atoms with Crippen LogP contribution in [0.2, 0.25) is 0 Å². The second-order valence-corrected chi connectivity index (χ2v) is 7.79. The number of hydrogen-bond acceptors (Lipinski definition) is 5. The fourth-order valence-corrected chi connectivity index (χ4v) is 3.64. The number of hydroxylamine groups is 1. The number of carbonyl (C=O) groups is 1. The monoisotopic (exact) mass is 412 g/mol. The summed E-state index contributed by atoms with van der Waals surface area (Å²) in [5, 5.41) is 8.93. The smallest absolute Gasteiger partial charge is 0.261 e. The molecule has 0 aliphatic carbocycles. The van der Waals surface area contributed by atoms with Gasteiger partial charge in [-0.15, -0.1) is 11.6 Å². The first-order valence-corrected chi connectivity index (χ1v) is 10.3. The Labute approximate surface area is 163 Å². The van der Waals surface area contributed by atoms with Crippen LogP contribution in [0.1, 0.15) is 12.0 Å². The molecule has 0 aliphatic rings. The van der Waals surface area contributed by atoms with Gasteiger partial charge in [0.2, 0.25) is 10.0 Å². The van der Waals surface area contributed by atoms with E-state index in [1.165, 1.54) is 29.7 Å². The van der Waals surface area contributed by atoms with Gasteiger partial charge in [0.05, 0.1) is 11.5 Å². The van der Waals surface area contributed by atoms with E-state index in [0.717, 1.165) is 5.56 Å². The maximum Gasteiger partial charge on any atom is 0.261 e. The molecule has 146 valence electrons. The molecule has 0 saturated heterocycles. The van der Waals surface area contributed by atoms with Gasteiger partial charge in [-0.2, -0.15) is 4.72 Å². The fraction of sp³-hybridized carbons (Fsp3) is 0.278.